The lowest BCUT2D eigenvalue weighted by molar-refractivity contribution is 0.0776. The van der Waals surface area contributed by atoms with Crippen LogP contribution in [-0.2, 0) is 17.7 Å². The van der Waals surface area contributed by atoms with E-state index in [1.807, 2.05) is 6.92 Å². The minimum absolute atomic E-state index is 0.191. The third-order valence-electron chi connectivity index (χ3n) is 3.19. The van der Waals surface area contributed by atoms with E-state index >= 15 is 0 Å². The monoisotopic (exact) mass is 283 g/mol. The maximum Gasteiger partial charge on any atom is 0.409 e. The molecule has 1 aromatic rings. The van der Waals surface area contributed by atoms with Gasteiger partial charge < -0.3 is 9.64 Å². The number of amides is 1. The summed E-state index contributed by atoms with van der Waals surface area (Å²) in [6.07, 6.45) is 0.811. The molecule has 19 heavy (non-hydrogen) atoms. The molecule has 0 saturated carbocycles. The Morgan fingerprint density at radius 2 is 2.11 bits per heavy atom. The summed E-state index contributed by atoms with van der Waals surface area (Å²) < 4.78 is 5.01. The molecule has 1 aliphatic rings. The lowest BCUT2D eigenvalue weighted by Gasteiger charge is -2.33. The summed E-state index contributed by atoms with van der Waals surface area (Å²) in [6, 6.07) is 0. The van der Waals surface area contributed by atoms with Gasteiger partial charge in [0.25, 0.3) is 0 Å². The molecule has 1 aliphatic heterocycles. The van der Waals surface area contributed by atoms with Gasteiger partial charge in [0.1, 0.15) is 0 Å². The zero-order valence-corrected chi connectivity index (χ0v) is 12.4. The summed E-state index contributed by atoms with van der Waals surface area (Å²) in [5.41, 5.74) is 1.14. The van der Waals surface area contributed by atoms with E-state index in [2.05, 4.69) is 22.2 Å². The summed E-state index contributed by atoms with van der Waals surface area (Å²) >= 11 is 1.73. The van der Waals surface area contributed by atoms with Gasteiger partial charge in [-0.05, 0) is 13.3 Å². The predicted molar refractivity (Wildman–Crippen MR) is 75.4 cm³/mol. The van der Waals surface area contributed by atoms with Crippen LogP contribution >= 0.6 is 11.3 Å². The molecule has 0 spiro atoms. The van der Waals surface area contributed by atoms with Crippen LogP contribution in [0.25, 0.3) is 0 Å². The van der Waals surface area contributed by atoms with Gasteiger partial charge in [-0.25, -0.2) is 9.78 Å². The molecule has 0 aromatic carbocycles. The molecule has 2 heterocycles. The highest BCUT2D eigenvalue weighted by Crippen LogP contribution is 2.13. The van der Waals surface area contributed by atoms with E-state index in [0.717, 1.165) is 44.8 Å². The molecule has 0 atom stereocenters. The van der Waals surface area contributed by atoms with Crippen molar-refractivity contribution in [2.45, 2.75) is 26.8 Å². The van der Waals surface area contributed by atoms with E-state index in [1.165, 1.54) is 5.01 Å². The number of rotatable bonds is 4. The first-order valence-corrected chi connectivity index (χ1v) is 7.68. The van der Waals surface area contributed by atoms with Crippen LogP contribution in [0.3, 0.4) is 0 Å². The van der Waals surface area contributed by atoms with Gasteiger partial charge in [-0.2, -0.15) is 0 Å². The van der Waals surface area contributed by atoms with E-state index < -0.39 is 0 Å². The maximum absolute atomic E-state index is 11.6. The molecular formula is C13H21N3O2S. The van der Waals surface area contributed by atoms with Gasteiger partial charge >= 0.3 is 6.09 Å². The fraction of sp³-hybridized carbons (Fsp3) is 0.692. The number of nitrogens with zero attached hydrogens (tertiary/aromatic N) is 3. The molecule has 6 heteroatoms. The molecule has 0 N–H and O–H groups in total. The van der Waals surface area contributed by atoms with E-state index in [9.17, 15) is 4.79 Å². The van der Waals surface area contributed by atoms with Crippen molar-refractivity contribution in [2.75, 3.05) is 32.8 Å². The number of aryl methyl sites for hydroxylation is 1. The Labute approximate surface area is 118 Å². The third kappa shape index (κ3) is 3.91. The lowest BCUT2D eigenvalue weighted by atomic mass is 10.3. The lowest BCUT2D eigenvalue weighted by Crippen LogP contribution is -2.48. The summed E-state index contributed by atoms with van der Waals surface area (Å²) in [6.45, 7) is 8.54. The highest BCUT2D eigenvalue weighted by Gasteiger charge is 2.22. The zero-order valence-electron chi connectivity index (χ0n) is 11.6. The van der Waals surface area contributed by atoms with Crippen LogP contribution in [-0.4, -0.2) is 53.7 Å². The van der Waals surface area contributed by atoms with Gasteiger partial charge in [-0.15, -0.1) is 11.3 Å². The molecule has 1 aromatic heterocycles. The fourth-order valence-corrected chi connectivity index (χ4v) is 2.85. The minimum Gasteiger partial charge on any atom is -0.450 e. The number of carbonyl (C=O) groups excluding carboxylic acids is 1. The summed E-state index contributed by atoms with van der Waals surface area (Å²) in [5.74, 6) is 0. The van der Waals surface area contributed by atoms with Crippen LogP contribution in [0.4, 0.5) is 4.79 Å². The Bertz CT molecular complexity index is 414. The third-order valence-corrected chi connectivity index (χ3v) is 4.23. The standard InChI is InChI=1S/C13H21N3O2S/c1-3-12-14-11(10-19-12)9-15-5-7-16(8-6-15)13(17)18-4-2/h10H,3-9H2,1-2H3. The van der Waals surface area contributed by atoms with Crippen LogP contribution < -0.4 is 0 Å². The van der Waals surface area contributed by atoms with Gasteiger partial charge in [0, 0.05) is 38.1 Å². The average Bonchev–Trinajstić information content (AvgIpc) is 2.87. The molecule has 1 saturated heterocycles. The van der Waals surface area contributed by atoms with Crippen molar-refractivity contribution in [1.82, 2.24) is 14.8 Å². The number of carbonyl (C=O) groups is 1. The predicted octanol–water partition coefficient (Wildman–Crippen LogP) is 1.98. The largest absolute Gasteiger partial charge is 0.450 e. The van der Waals surface area contributed by atoms with E-state index in [1.54, 1.807) is 16.2 Å². The number of aromatic nitrogens is 1. The van der Waals surface area contributed by atoms with Gasteiger partial charge in [0.15, 0.2) is 0 Å². The number of hydrogen-bond acceptors (Lipinski definition) is 5. The van der Waals surface area contributed by atoms with Gasteiger partial charge in [0.2, 0.25) is 0 Å². The van der Waals surface area contributed by atoms with E-state index in [-0.39, 0.29) is 6.09 Å². The molecular weight excluding hydrogens is 262 g/mol. The molecule has 106 valence electrons. The first-order valence-electron chi connectivity index (χ1n) is 6.80. The van der Waals surface area contributed by atoms with Crippen molar-refractivity contribution in [2.24, 2.45) is 0 Å². The fourth-order valence-electron chi connectivity index (χ4n) is 2.12. The normalized spacial score (nSPS) is 16.6. The van der Waals surface area contributed by atoms with Crippen LogP contribution in [0.2, 0.25) is 0 Å². The van der Waals surface area contributed by atoms with Crippen molar-refractivity contribution >= 4 is 17.4 Å². The highest BCUT2D eigenvalue weighted by atomic mass is 32.1. The molecule has 0 radical (unpaired) electrons. The van der Waals surface area contributed by atoms with Crippen LogP contribution in [0.15, 0.2) is 5.38 Å². The molecule has 0 aliphatic carbocycles. The number of piperazine rings is 1. The Balaban J connectivity index is 1.78. The first kappa shape index (κ1) is 14.3. The molecule has 0 bridgehead atoms. The molecule has 5 nitrogen and oxygen atoms in total. The Kier molecular flexibility index (Phi) is 5.15. The smallest absolute Gasteiger partial charge is 0.409 e. The molecule has 1 amide bonds. The number of hydrogen-bond donors (Lipinski definition) is 0. The Hall–Kier alpha value is -1.14. The van der Waals surface area contributed by atoms with Gasteiger partial charge in [0.05, 0.1) is 17.3 Å². The number of thiazole rings is 1. The van der Waals surface area contributed by atoms with E-state index in [4.69, 9.17) is 4.74 Å². The quantitative estimate of drug-likeness (QED) is 0.847. The van der Waals surface area contributed by atoms with Crippen molar-refractivity contribution in [3.63, 3.8) is 0 Å². The van der Waals surface area contributed by atoms with Crippen LogP contribution in [0.1, 0.15) is 24.5 Å². The summed E-state index contributed by atoms with van der Waals surface area (Å²) in [4.78, 5) is 20.3. The number of ether oxygens (including phenoxy) is 1. The topological polar surface area (TPSA) is 45.7 Å². The van der Waals surface area contributed by atoms with E-state index in [0.29, 0.717) is 6.61 Å². The average molecular weight is 283 g/mol. The second-order valence-electron chi connectivity index (χ2n) is 4.55. The molecule has 1 fully saturated rings. The van der Waals surface area contributed by atoms with Gasteiger partial charge in [-0.1, -0.05) is 6.92 Å². The Morgan fingerprint density at radius 3 is 2.68 bits per heavy atom. The van der Waals surface area contributed by atoms with Crippen LogP contribution in [0.5, 0.6) is 0 Å². The second kappa shape index (κ2) is 6.86. The summed E-state index contributed by atoms with van der Waals surface area (Å²) in [7, 11) is 0. The van der Waals surface area contributed by atoms with Crippen molar-refractivity contribution in [3.05, 3.63) is 16.1 Å². The highest BCUT2D eigenvalue weighted by molar-refractivity contribution is 7.09. The summed E-state index contributed by atoms with van der Waals surface area (Å²) in [5, 5.41) is 3.33. The van der Waals surface area contributed by atoms with Gasteiger partial charge in [-0.3, -0.25) is 4.90 Å². The molecule has 2 rings (SSSR count). The first-order chi connectivity index (χ1) is 9.22. The maximum atomic E-state index is 11.6. The minimum atomic E-state index is -0.191. The molecule has 0 unspecified atom stereocenters. The van der Waals surface area contributed by atoms with Crippen molar-refractivity contribution in [1.29, 1.82) is 0 Å². The van der Waals surface area contributed by atoms with Crippen LogP contribution in [0, 0.1) is 0 Å². The SMILES string of the molecule is CCOC(=O)N1CCN(Cc2csc(CC)n2)CC1. The Morgan fingerprint density at radius 1 is 1.37 bits per heavy atom. The van der Waals surface area contributed by atoms with Crippen molar-refractivity contribution in [3.8, 4) is 0 Å². The zero-order chi connectivity index (χ0) is 13.7. The van der Waals surface area contributed by atoms with Crippen molar-refractivity contribution < 1.29 is 9.53 Å². The second-order valence-corrected chi connectivity index (χ2v) is 5.49.